The van der Waals surface area contributed by atoms with Crippen molar-refractivity contribution in [2.45, 2.75) is 39.3 Å². The van der Waals surface area contributed by atoms with Crippen LogP contribution in [0.5, 0.6) is 0 Å². The molecule has 0 aliphatic carbocycles. The Balaban J connectivity index is 3.58. The Morgan fingerprint density at radius 1 is 1.35 bits per heavy atom. The largest absolute Gasteiger partial charge is 0.417 e. The van der Waals surface area contributed by atoms with Crippen LogP contribution in [0.3, 0.4) is 0 Å². The van der Waals surface area contributed by atoms with Gasteiger partial charge in [0.25, 0.3) is 0 Å². The zero-order chi connectivity index (χ0) is 13.4. The highest BCUT2D eigenvalue weighted by atomic mass is 19.4. The number of rotatable bonds is 2. The third-order valence-electron chi connectivity index (χ3n) is 2.98. The summed E-state index contributed by atoms with van der Waals surface area (Å²) in [5, 5.41) is 0. The summed E-state index contributed by atoms with van der Waals surface area (Å²) in [5.41, 5.74) is 3.91. The lowest BCUT2D eigenvalue weighted by atomic mass is 9.89. The molecule has 0 aromatic heterocycles. The van der Waals surface area contributed by atoms with E-state index in [9.17, 15) is 17.6 Å². The summed E-state index contributed by atoms with van der Waals surface area (Å²) in [6.07, 6.45) is -4.02. The number of nitrogens with two attached hydrogens (primary N) is 1. The van der Waals surface area contributed by atoms with E-state index in [1.54, 1.807) is 13.8 Å². The van der Waals surface area contributed by atoms with Crippen molar-refractivity contribution in [2.24, 2.45) is 0 Å². The molecule has 2 N–H and O–H groups in total. The van der Waals surface area contributed by atoms with Crippen LogP contribution in [0.15, 0.2) is 6.07 Å². The molecule has 5 heteroatoms. The minimum Gasteiger partial charge on any atom is -0.396 e. The fraction of sp³-hybridized carbons (Fsp3) is 0.500. The molecule has 1 aromatic carbocycles. The SMILES string of the molecule is CCC(C)c1cc(N)c(F)c(C)c1C(F)(F)F. The molecule has 0 radical (unpaired) electrons. The molecule has 1 aromatic rings. The second kappa shape index (κ2) is 4.55. The third kappa shape index (κ3) is 2.53. The molecule has 0 bridgehead atoms. The first-order chi connectivity index (χ1) is 7.70. The van der Waals surface area contributed by atoms with Crippen LogP contribution in [-0.2, 0) is 6.18 Å². The minimum absolute atomic E-state index is 0.0661. The first-order valence-corrected chi connectivity index (χ1v) is 5.35. The molecule has 0 fully saturated rings. The highest BCUT2D eigenvalue weighted by Crippen LogP contribution is 2.40. The van der Waals surface area contributed by atoms with Crippen LogP contribution in [0.2, 0.25) is 0 Å². The highest BCUT2D eigenvalue weighted by Gasteiger charge is 2.37. The van der Waals surface area contributed by atoms with Crippen LogP contribution in [0.25, 0.3) is 0 Å². The third-order valence-corrected chi connectivity index (χ3v) is 2.98. The molecule has 0 heterocycles. The Morgan fingerprint density at radius 2 is 1.88 bits per heavy atom. The summed E-state index contributed by atoms with van der Waals surface area (Å²) < 4.78 is 52.2. The normalized spacial score (nSPS) is 13.8. The maximum atomic E-state index is 13.4. The number of halogens is 4. The molecule has 1 nitrogen and oxygen atoms in total. The van der Waals surface area contributed by atoms with Gasteiger partial charge in [-0.2, -0.15) is 13.2 Å². The molecule has 1 atom stereocenters. The van der Waals surface area contributed by atoms with Gasteiger partial charge in [0.05, 0.1) is 11.3 Å². The summed E-state index contributed by atoms with van der Waals surface area (Å²) in [6.45, 7) is 4.56. The summed E-state index contributed by atoms with van der Waals surface area (Å²) in [7, 11) is 0. The lowest BCUT2D eigenvalue weighted by Crippen LogP contribution is -2.15. The number of hydrogen-bond donors (Lipinski definition) is 1. The van der Waals surface area contributed by atoms with E-state index in [1.165, 1.54) is 0 Å². The predicted molar refractivity (Wildman–Crippen MR) is 59.3 cm³/mol. The fourth-order valence-electron chi connectivity index (χ4n) is 1.83. The topological polar surface area (TPSA) is 26.0 Å². The molecule has 1 unspecified atom stereocenters. The van der Waals surface area contributed by atoms with Gasteiger partial charge in [0, 0.05) is 0 Å². The molecule has 96 valence electrons. The average molecular weight is 249 g/mol. The van der Waals surface area contributed by atoms with Crippen molar-refractivity contribution >= 4 is 5.69 Å². The van der Waals surface area contributed by atoms with E-state index >= 15 is 0 Å². The van der Waals surface area contributed by atoms with E-state index < -0.39 is 23.1 Å². The molecule has 1 rings (SSSR count). The van der Waals surface area contributed by atoms with Crippen molar-refractivity contribution in [3.05, 3.63) is 28.6 Å². The molecule has 0 spiro atoms. The zero-order valence-electron chi connectivity index (χ0n) is 9.95. The van der Waals surface area contributed by atoms with Crippen LogP contribution < -0.4 is 5.73 Å². The standard InChI is InChI=1S/C12H15F4N/c1-4-6(2)8-5-9(17)11(13)7(3)10(8)12(14,15)16/h5-6H,4,17H2,1-3H3. The van der Waals surface area contributed by atoms with E-state index in [0.29, 0.717) is 6.42 Å². The van der Waals surface area contributed by atoms with Crippen molar-refractivity contribution in [2.75, 3.05) is 5.73 Å². The van der Waals surface area contributed by atoms with Crippen molar-refractivity contribution in [3.8, 4) is 0 Å². The van der Waals surface area contributed by atoms with Gasteiger partial charge in [-0.05, 0) is 36.5 Å². The Hall–Kier alpha value is -1.26. The van der Waals surface area contributed by atoms with Crippen LogP contribution in [-0.4, -0.2) is 0 Å². The van der Waals surface area contributed by atoms with Gasteiger partial charge in [0.1, 0.15) is 5.82 Å². The molecule has 0 aliphatic heterocycles. The average Bonchev–Trinajstić information content (AvgIpc) is 2.22. The zero-order valence-corrected chi connectivity index (χ0v) is 9.95. The predicted octanol–water partition coefficient (Wildman–Crippen LogP) is 4.25. The second-order valence-corrected chi connectivity index (χ2v) is 4.18. The molecule has 0 saturated carbocycles. The van der Waals surface area contributed by atoms with Gasteiger partial charge in [0.15, 0.2) is 0 Å². The van der Waals surface area contributed by atoms with Gasteiger partial charge in [0.2, 0.25) is 0 Å². The number of alkyl halides is 3. The maximum absolute atomic E-state index is 13.4. The van der Waals surface area contributed by atoms with Crippen LogP contribution >= 0.6 is 0 Å². The maximum Gasteiger partial charge on any atom is 0.417 e. The van der Waals surface area contributed by atoms with Crippen LogP contribution in [0, 0.1) is 12.7 Å². The second-order valence-electron chi connectivity index (χ2n) is 4.18. The molecular formula is C12H15F4N. The Bertz CT molecular complexity index is 423. The lowest BCUT2D eigenvalue weighted by Gasteiger charge is -2.21. The minimum atomic E-state index is -4.56. The van der Waals surface area contributed by atoms with Gasteiger partial charge >= 0.3 is 6.18 Å². The summed E-state index contributed by atoms with van der Waals surface area (Å²) in [6, 6.07) is 1.10. The van der Waals surface area contributed by atoms with E-state index in [4.69, 9.17) is 5.73 Å². The monoisotopic (exact) mass is 249 g/mol. The smallest absolute Gasteiger partial charge is 0.396 e. The number of benzene rings is 1. The highest BCUT2D eigenvalue weighted by molar-refractivity contribution is 5.53. The van der Waals surface area contributed by atoms with Crippen molar-refractivity contribution in [3.63, 3.8) is 0 Å². The van der Waals surface area contributed by atoms with Crippen molar-refractivity contribution < 1.29 is 17.6 Å². The lowest BCUT2D eigenvalue weighted by molar-refractivity contribution is -0.139. The van der Waals surface area contributed by atoms with Gasteiger partial charge in [-0.1, -0.05) is 13.8 Å². The number of nitrogen functional groups attached to an aromatic ring is 1. The van der Waals surface area contributed by atoms with Gasteiger partial charge in [-0.3, -0.25) is 0 Å². The van der Waals surface area contributed by atoms with Crippen molar-refractivity contribution in [1.82, 2.24) is 0 Å². The Morgan fingerprint density at radius 3 is 2.29 bits per heavy atom. The fourth-order valence-corrected chi connectivity index (χ4v) is 1.83. The molecule has 0 aliphatic rings. The van der Waals surface area contributed by atoms with Crippen molar-refractivity contribution in [1.29, 1.82) is 0 Å². The Kier molecular flexibility index (Phi) is 3.69. The van der Waals surface area contributed by atoms with E-state index in [2.05, 4.69) is 0 Å². The number of hydrogen-bond acceptors (Lipinski definition) is 1. The first kappa shape index (κ1) is 13.8. The van der Waals surface area contributed by atoms with E-state index in [-0.39, 0.29) is 17.2 Å². The first-order valence-electron chi connectivity index (χ1n) is 5.35. The van der Waals surface area contributed by atoms with Gasteiger partial charge in [-0.25, -0.2) is 4.39 Å². The molecule has 0 saturated heterocycles. The molecule has 0 amide bonds. The van der Waals surface area contributed by atoms with Crippen LogP contribution in [0.1, 0.15) is 42.9 Å². The summed E-state index contributed by atoms with van der Waals surface area (Å²) in [4.78, 5) is 0. The van der Waals surface area contributed by atoms with E-state index in [1.807, 2.05) is 0 Å². The number of anilines is 1. The summed E-state index contributed by atoms with van der Waals surface area (Å²) in [5.74, 6) is -1.29. The quantitative estimate of drug-likeness (QED) is 0.615. The van der Waals surface area contributed by atoms with Gasteiger partial charge < -0.3 is 5.73 Å². The van der Waals surface area contributed by atoms with Gasteiger partial charge in [-0.15, -0.1) is 0 Å². The molecular weight excluding hydrogens is 234 g/mol. The summed E-state index contributed by atoms with van der Waals surface area (Å²) >= 11 is 0. The van der Waals surface area contributed by atoms with Crippen LogP contribution in [0.4, 0.5) is 23.2 Å². The molecule has 17 heavy (non-hydrogen) atoms. The Labute approximate surface area is 97.6 Å². The van der Waals surface area contributed by atoms with E-state index in [0.717, 1.165) is 13.0 Å².